The molecule has 66 valence electrons. The van der Waals surface area contributed by atoms with Gasteiger partial charge in [0.25, 0.3) is 0 Å². The summed E-state index contributed by atoms with van der Waals surface area (Å²) in [6, 6.07) is 1.52. The average Bonchev–Trinajstić information content (AvgIpc) is 2.25. The summed E-state index contributed by atoms with van der Waals surface area (Å²) in [6.07, 6.45) is 4.21. The van der Waals surface area contributed by atoms with Crippen molar-refractivity contribution in [1.82, 2.24) is 4.57 Å². The normalized spacial score (nSPS) is 24.3. The molecule has 0 N–H and O–H groups in total. The second kappa shape index (κ2) is 3.72. The Balaban J connectivity index is 2.32. The topological polar surface area (TPSA) is 3.24 Å². The molecule has 0 aromatic rings. The Bertz CT molecular complexity index is 123. The molecule has 0 aromatic carbocycles. The van der Waals surface area contributed by atoms with Crippen molar-refractivity contribution in [3.63, 3.8) is 0 Å². The van der Waals surface area contributed by atoms with E-state index in [-0.39, 0.29) is 0 Å². The van der Waals surface area contributed by atoms with Crippen LogP contribution in [-0.2, 0) is 0 Å². The van der Waals surface area contributed by atoms with Crippen LogP contribution >= 0.6 is 0 Å². The van der Waals surface area contributed by atoms with E-state index in [0.717, 1.165) is 0 Å². The number of hydrogen-bond donors (Lipinski definition) is 0. The Morgan fingerprint density at radius 1 is 1.36 bits per heavy atom. The van der Waals surface area contributed by atoms with E-state index in [2.05, 4.69) is 24.6 Å². The molecule has 1 saturated heterocycles. The molecule has 2 heteroatoms. The Morgan fingerprint density at radius 2 is 2.09 bits per heavy atom. The molecule has 0 saturated carbocycles. The fraction of sp³-hybridized carbons (Fsp3) is 1.00. The molecule has 0 aromatic heterocycles. The van der Waals surface area contributed by atoms with Gasteiger partial charge < -0.3 is 4.57 Å². The molecule has 1 aliphatic rings. The predicted octanol–water partition coefficient (Wildman–Crippen LogP) is 2.70. The summed E-state index contributed by atoms with van der Waals surface area (Å²) in [7, 11) is -0.873. The average molecular weight is 171 g/mol. The van der Waals surface area contributed by atoms with Crippen molar-refractivity contribution in [2.45, 2.75) is 45.3 Å². The molecule has 0 aliphatic carbocycles. The number of nitrogens with zero attached hydrogens (tertiary/aromatic N) is 1. The summed E-state index contributed by atoms with van der Waals surface area (Å²) in [5, 5.41) is 0. The molecule has 1 heterocycles. The minimum absolute atomic E-state index is 0.873. The van der Waals surface area contributed by atoms with E-state index in [9.17, 15) is 0 Å². The van der Waals surface area contributed by atoms with Gasteiger partial charge in [-0.05, 0) is 32.0 Å². The molecule has 0 atom stereocenters. The van der Waals surface area contributed by atoms with Crippen LogP contribution in [-0.4, -0.2) is 25.9 Å². The first-order chi connectivity index (χ1) is 5.17. The summed E-state index contributed by atoms with van der Waals surface area (Å²) in [4.78, 5) is 0. The molecule has 11 heavy (non-hydrogen) atoms. The van der Waals surface area contributed by atoms with Gasteiger partial charge in [-0.2, -0.15) is 0 Å². The van der Waals surface area contributed by atoms with Crippen molar-refractivity contribution in [2.75, 3.05) is 13.1 Å². The highest BCUT2D eigenvalue weighted by atomic mass is 28.3. The Morgan fingerprint density at radius 3 is 2.55 bits per heavy atom. The molecule has 0 amide bonds. The van der Waals surface area contributed by atoms with Crippen molar-refractivity contribution in [3.05, 3.63) is 0 Å². The lowest BCUT2D eigenvalue weighted by atomic mass is 10.3. The van der Waals surface area contributed by atoms with Crippen LogP contribution in [0.4, 0.5) is 0 Å². The van der Waals surface area contributed by atoms with Crippen molar-refractivity contribution < 1.29 is 0 Å². The lowest BCUT2D eigenvalue weighted by Crippen LogP contribution is -2.43. The summed E-state index contributed by atoms with van der Waals surface area (Å²) < 4.78 is 2.77. The molecule has 1 aliphatic heterocycles. The van der Waals surface area contributed by atoms with Crippen LogP contribution in [0.15, 0.2) is 0 Å². The van der Waals surface area contributed by atoms with E-state index in [1.54, 1.807) is 0 Å². The number of hydrogen-bond acceptors (Lipinski definition) is 1. The first-order valence-electron chi connectivity index (χ1n) is 4.92. The Hall–Kier alpha value is 0.177. The fourth-order valence-electron chi connectivity index (χ4n) is 1.93. The van der Waals surface area contributed by atoms with Gasteiger partial charge in [0.15, 0.2) is 0 Å². The van der Waals surface area contributed by atoms with Crippen molar-refractivity contribution in [3.8, 4) is 0 Å². The monoisotopic (exact) mass is 171 g/mol. The van der Waals surface area contributed by atoms with Crippen molar-refractivity contribution >= 4 is 8.24 Å². The number of unbranched alkanes of at least 4 members (excludes halogenated alkanes) is 1. The van der Waals surface area contributed by atoms with E-state index in [4.69, 9.17) is 0 Å². The second-order valence-electron chi connectivity index (χ2n) is 4.26. The van der Waals surface area contributed by atoms with Gasteiger partial charge in [0.05, 0.1) is 0 Å². The van der Waals surface area contributed by atoms with Crippen LogP contribution in [0.1, 0.15) is 26.2 Å². The van der Waals surface area contributed by atoms with Crippen LogP contribution in [0.25, 0.3) is 0 Å². The van der Waals surface area contributed by atoms with Gasteiger partial charge in [-0.25, -0.2) is 0 Å². The van der Waals surface area contributed by atoms with Crippen LogP contribution in [0.2, 0.25) is 19.1 Å². The molecule has 0 unspecified atom stereocenters. The molecule has 0 spiro atoms. The van der Waals surface area contributed by atoms with Gasteiger partial charge in [0.2, 0.25) is 0 Å². The van der Waals surface area contributed by atoms with Crippen LogP contribution in [0.5, 0.6) is 0 Å². The zero-order valence-corrected chi connectivity index (χ0v) is 9.19. The van der Waals surface area contributed by atoms with Crippen LogP contribution < -0.4 is 0 Å². The highest BCUT2D eigenvalue weighted by Gasteiger charge is 2.33. The number of rotatable bonds is 3. The SMILES string of the molecule is CCCCN1CCC[Si]1(C)C. The third-order valence-electron chi connectivity index (χ3n) is 2.85. The van der Waals surface area contributed by atoms with Crippen LogP contribution in [0, 0.1) is 0 Å². The van der Waals surface area contributed by atoms with Crippen molar-refractivity contribution in [1.29, 1.82) is 0 Å². The molecule has 0 bridgehead atoms. The van der Waals surface area contributed by atoms with Gasteiger partial charge in [0.1, 0.15) is 8.24 Å². The summed E-state index contributed by atoms with van der Waals surface area (Å²) >= 11 is 0. The fourth-order valence-corrected chi connectivity index (χ4v) is 4.79. The summed E-state index contributed by atoms with van der Waals surface area (Å²) in [6.45, 7) is 10.1. The third-order valence-corrected chi connectivity index (χ3v) is 6.59. The highest BCUT2D eigenvalue weighted by molar-refractivity contribution is 6.75. The lowest BCUT2D eigenvalue weighted by Gasteiger charge is -2.29. The third kappa shape index (κ3) is 2.31. The van der Waals surface area contributed by atoms with Gasteiger partial charge in [0, 0.05) is 0 Å². The molecule has 1 rings (SSSR count). The first kappa shape index (κ1) is 9.27. The van der Waals surface area contributed by atoms with Gasteiger partial charge in [-0.3, -0.25) is 0 Å². The van der Waals surface area contributed by atoms with Gasteiger partial charge in [-0.15, -0.1) is 0 Å². The maximum Gasteiger partial charge on any atom is 0.122 e. The molecule has 1 fully saturated rings. The maximum atomic E-state index is 2.77. The second-order valence-corrected chi connectivity index (χ2v) is 9.01. The summed E-state index contributed by atoms with van der Waals surface area (Å²) in [5.41, 5.74) is 0. The van der Waals surface area contributed by atoms with E-state index in [1.807, 2.05) is 0 Å². The summed E-state index contributed by atoms with van der Waals surface area (Å²) in [5.74, 6) is 0. The maximum absolute atomic E-state index is 2.77. The zero-order chi connectivity index (χ0) is 8.32. The largest absolute Gasteiger partial charge is 0.324 e. The molecule has 1 nitrogen and oxygen atoms in total. The quantitative estimate of drug-likeness (QED) is 0.590. The molecule has 0 radical (unpaired) electrons. The van der Waals surface area contributed by atoms with E-state index in [1.165, 1.54) is 38.4 Å². The standard InChI is InChI=1S/C9H21NSi/c1-4-5-7-10-8-6-9-11(10,2)3/h4-9H2,1-3H3. The van der Waals surface area contributed by atoms with Gasteiger partial charge in [-0.1, -0.05) is 26.4 Å². The minimum atomic E-state index is -0.873. The van der Waals surface area contributed by atoms with Crippen molar-refractivity contribution in [2.24, 2.45) is 0 Å². The Labute approximate surface area is 71.9 Å². The van der Waals surface area contributed by atoms with E-state index >= 15 is 0 Å². The van der Waals surface area contributed by atoms with Gasteiger partial charge >= 0.3 is 0 Å². The first-order valence-corrected chi connectivity index (χ1v) is 8.07. The predicted molar refractivity (Wildman–Crippen MR) is 53.4 cm³/mol. The zero-order valence-electron chi connectivity index (χ0n) is 8.19. The lowest BCUT2D eigenvalue weighted by molar-refractivity contribution is 0.443. The van der Waals surface area contributed by atoms with E-state index < -0.39 is 8.24 Å². The minimum Gasteiger partial charge on any atom is -0.324 e. The molecular formula is C9H21NSi. The highest BCUT2D eigenvalue weighted by Crippen LogP contribution is 2.25. The van der Waals surface area contributed by atoms with E-state index in [0.29, 0.717) is 0 Å². The molecular weight excluding hydrogens is 150 g/mol. The smallest absolute Gasteiger partial charge is 0.122 e. The van der Waals surface area contributed by atoms with Crippen LogP contribution in [0.3, 0.4) is 0 Å². The Kier molecular flexibility index (Phi) is 3.13.